The van der Waals surface area contributed by atoms with Gasteiger partial charge in [0.1, 0.15) is 0 Å². The predicted molar refractivity (Wildman–Crippen MR) is 55.0 cm³/mol. The van der Waals surface area contributed by atoms with Crippen LogP contribution in [0.4, 0.5) is 0 Å². The molecule has 2 aliphatic heterocycles. The van der Waals surface area contributed by atoms with Crippen LogP contribution in [0.5, 0.6) is 0 Å². The number of carbonyl (C=O) groups excluding carboxylic acids is 1. The molecule has 4 nitrogen and oxygen atoms in total. The highest BCUT2D eigenvalue weighted by molar-refractivity contribution is 5.79. The maximum atomic E-state index is 12.0. The molecule has 0 aliphatic carbocycles. The van der Waals surface area contributed by atoms with E-state index in [2.05, 4.69) is 10.6 Å². The van der Waals surface area contributed by atoms with Crippen LogP contribution >= 0.6 is 0 Å². The van der Waals surface area contributed by atoms with Gasteiger partial charge in [-0.15, -0.1) is 0 Å². The molecule has 4 heteroatoms. The van der Waals surface area contributed by atoms with Crippen LogP contribution in [-0.2, 0) is 4.79 Å². The third-order valence-electron chi connectivity index (χ3n) is 3.07. The van der Waals surface area contributed by atoms with Gasteiger partial charge in [-0.3, -0.25) is 4.79 Å². The van der Waals surface area contributed by atoms with Gasteiger partial charge in [0, 0.05) is 32.7 Å². The van der Waals surface area contributed by atoms with E-state index in [1.807, 2.05) is 4.90 Å². The van der Waals surface area contributed by atoms with E-state index < -0.39 is 0 Å². The zero-order chi connectivity index (χ0) is 9.80. The van der Waals surface area contributed by atoms with Crippen molar-refractivity contribution in [2.45, 2.75) is 12.8 Å². The van der Waals surface area contributed by atoms with Crippen LogP contribution in [0.3, 0.4) is 0 Å². The van der Waals surface area contributed by atoms with Crippen LogP contribution in [0.1, 0.15) is 12.8 Å². The van der Waals surface area contributed by atoms with Crippen LogP contribution in [0.25, 0.3) is 0 Å². The third kappa shape index (κ3) is 2.25. The summed E-state index contributed by atoms with van der Waals surface area (Å²) in [6.07, 6.45) is 2.21. The van der Waals surface area contributed by atoms with Gasteiger partial charge in [0.2, 0.25) is 5.91 Å². The predicted octanol–water partition coefficient (Wildman–Crippen LogP) is -0.582. The molecular weight excluding hydrogens is 178 g/mol. The minimum atomic E-state index is 0.238. The molecule has 0 aromatic carbocycles. The first-order valence-electron chi connectivity index (χ1n) is 5.58. The Morgan fingerprint density at radius 1 is 1.14 bits per heavy atom. The molecule has 2 fully saturated rings. The van der Waals surface area contributed by atoms with Crippen molar-refractivity contribution in [2.24, 2.45) is 5.92 Å². The third-order valence-corrected chi connectivity index (χ3v) is 3.07. The summed E-state index contributed by atoms with van der Waals surface area (Å²) in [6, 6.07) is 0. The summed E-state index contributed by atoms with van der Waals surface area (Å²) in [5.74, 6) is 0.598. The van der Waals surface area contributed by atoms with Gasteiger partial charge in [0.05, 0.1) is 5.92 Å². The summed E-state index contributed by atoms with van der Waals surface area (Å²) in [7, 11) is 0. The molecule has 0 saturated carbocycles. The van der Waals surface area contributed by atoms with E-state index in [0.717, 1.165) is 52.1 Å². The average Bonchev–Trinajstić information content (AvgIpc) is 2.30. The van der Waals surface area contributed by atoms with Gasteiger partial charge < -0.3 is 15.5 Å². The lowest BCUT2D eigenvalue weighted by Crippen LogP contribution is -2.50. The lowest BCUT2D eigenvalue weighted by atomic mass is 9.98. The van der Waals surface area contributed by atoms with E-state index in [1.165, 1.54) is 0 Å². The summed E-state index contributed by atoms with van der Waals surface area (Å²) in [4.78, 5) is 14.0. The molecule has 1 unspecified atom stereocenters. The number of carbonyl (C=O) groups is 1. The Kier molecular flexibility index (Phi) is 3.37. The van der Waals surface area contributed by atoms with Crippen LogP contribution in [0.15, 0.2) is 0 Å². The molecule has 0 bridgehead atoms. The standard InChI is InChI=1S/C10H19N3O/c14-10(9-2-1-3-12-8-9)13-6-4-11-5-7-13/h9,11-12H,1-8H2. The number of nitrogens with zero attached hydrogens (tertiary/aromatic N) is 1. The summed E-state index contributed by atoms with van der Waals surface area (Å²) >= 11 is 0. The zero-order valence-corrected chi connectivity index (χ0v) is 8.59. The Labute approximate surface area is 85.0 Å². The van der Waals surface area contributed by atoms with Crippen molar-refractivity contribution in [2.75, 3.05) is 39.3 Å². The van der Waals surface area contributed by atoms with Crippen molar-refractivity contribution in [1.82, 2.24) is 15.5 Å². The Balaban J connectivity index is 1.85. The number of amides is 1. The summed E-state index contributed by atoms with van der Waals surface area (Å²) in [5.41, 5.74) is 0. The van der Waals surface area contributed by atoms with Crippen molar-refractivity contribution in [1.29, 1.82) is 0 Å². The van der Waals surface area contributed by atoms with Crippen molar-refractivity contribution in [3.8, 4) is 0 Å². The molecule has 14 heavy (non-hydrogen) atoms. The lowest BCUT2D eigenvalue weighted by Gasteiger charge is -2.32. The zero-order valence-electron chi connectivity index (χ0n) is 8.59. The van der Waals surface area contributed by atoms with Gasteiger partial charge in [-0.05, 0) is 19.4 Å². The molecule has 2 rings (SSSR count). The highest BCUT2D eigenvalue weighted by Gasteiger charge is 2.26. The average molecular weight is 197 g/mol. The summed E-state index contributed by atoms with van der Waals surface area (Å²) in [6.45, 7) is 5.62. The summed E-state index contributed by atoms with van der Waals surface area (Å²) in [5, 5.41) is 6.55. The fourth-order valence-corrected chi connectivity index (χ4v) is 2.21. The minimum absolute atomic E-state index is 0.238. The van der Waals surface area contributed by atoms with Crippen molar-refractivity contribution in [3.05, 3.63) is 0 Å². The molecule has 2 heterocycles. The van der Waals surface area contributed by atoms with Crippen LogP contribution < -0.4 is 10.6 Å². The molecule has 0 radical (unpaired) electrons. The number of piperidine rings is 1. The molecule has 2 aliphatic rings. The van der Waals surface area contributed by atoms with Gasteiger partial charge in [0.25, 0.3) is 0 Å². The number of hydrogen-bond acceptors (Lipinski definition) is 3. The maximum absolute atomic E-state index is 12.0. The van der Waals surface area contributed by atoms with Gasteiger partial charge >= 0.3 is 0 Å². The molecule has 1 amide bonds. The minimum Gasteiger partial charge on any atom is -0.340 e. The Morgan fingerprint density at radius 3 is 2.57 bits per heavy atom. The Hall–Kier alpha value is -0.610. The van der Waals surface area contributed by atoms with Crippen molar-refractivity contribution in [3.63, 3.8) is 0 Å². The van der Waals surface area contributed by atoms with Crippen LogP contribution in [0.2, 0.25) is 0 Å². The molecule has 2 saturated heterocycles. The monoisotopic (exact) mass is 197 g/mol. The maximum Gasteiger partial charge on any atom is 0.227 e. The number of nitrogens with one attached hydrogen (secondary N) is 2. The molecule has 0 aromatic rings. The van der Waals surface area contributed by atoms with Gasteiger partial charge in [-0.2, -0.15) is 0 Å². The largest absolute Gasteiger partial charge is 0.340 e. The Bertz CT molecular complexity index is 176. The number of rotatable bonds is 1. The first-order valence-corrected chi connectivity index (χ1v) is 5.58. The van der Waals surface area contributed by atoms with Gasteiger partial charge in [-0.1, -0.05) is 0 Å². The number of piperazine rings is 1. The Morgan fingerprint density at radius 2 is 1.93 bits per heavy atom. The van der Waals surface area contributed by atoms with Crippen LogP contribution in [0, 0.1) is 5.92 Å². The highest BCUT2D eigenvalue weighted by atomic mass is 16.2. The normalized spacial score (nSPS) is 28.9. The lowest BCUT2D eigenvalue weighted by molar-refractivity contribution is -0.136. The van der Waals surface area contributed by atoms with E-state index in [4.69, 9.17) is 0 Å². The summed E-state index contributed by atoms with van der Waals surface area (Å²) < 4.78 is 0. The second kappa shape index (κ2) is 4.75. The smallest absolute Gasteiger partial charge is 0.227 e. The van der Waals surface area contributed by atoms with Gasteiger partial charge in [0.15, 0.2) is 0 Å². The fourth-order valence-electron chi connectivity index (χ4n) is 2.21. The van der Waals surface area contributed by atoms with Crippen LogP contribution in [-0.4, -0.2) is 50.1 Å². The second-order valence-electron chi connectivity index (χ2n) is 4.12. The van der Waals surface area contributed by atoms with Gasteiger partial charge in [-0.25, -0.2) is 0 Å². The topological polar surface area (TPSA) is 44.4 Å². The molecule has 0 aromatic heterocycles. The van der Waals surface area contributed by atoms with E-state index in [0.29, 0.717) is 5.91 Å². The molecule has 1 atom stereocenters. The first kappa shape index (κ1) is 9.93. The van der Waals surface area contributed by atoms with E-state index in [1.54, 1.807) is 0 Å². The molecule has 0 spiro atoms. The van der Waals surface area contributed by atoms with Crippen molar-refractivity contribution >= 4 is 5.91 Å². The van der Waals surface area contributed by atoms with Crippen molar-refractivity contribution < 1.29 is 4.79 Å². The van der Waals surface area contributed by atoms with E-state index in [-0.39, 0.29) is 5.92 Å². The van der Waals surface area contributed by atoms with E-state index >= 15 is 0 Å². The molecular formula is C10H19N3O. The fraction of sp³-hybridized carbons (Fsp3) is 0.900. The SMILES string of the molecule is O=C(C1CCCNC1)N1CCNCC1. The van der Waals surface area contributed by atoms with E-state index in [9.17, 15) is 4.79 Å². The molecule has 2 N–H and O–H groups in total. The first-order chi connectivity index (χ1) is 6.88. The second-order valence-corrected chi connectivity index (χ2v) is 4.12. The highest BCUT2D eigenvalue weighted by Crippen LogP contribution is 2.13. The number of hydrogen-bond donors (Lipinski definition) is 2. The molecule has 80 valence electrons. The quantitative estimate of drug-likeness (QED) is 0.591.